The van der Waals surface area contributed by atoms with Crippen molar-refractivity contribution >= 4 is 11.7 Å². The van der Waals surface area contributed by atoms with Gasteiger partial charge in [0.05, 0.1) is 17.3 Å². The van der Waals surface area contributed by atoms with Crippen LogP contribution < -0.4 is 10.6 Å². The first kappa shape index (κ1) is 22.0. The molecule has 0 saturated carbocycles. The zero-order valence-corrected chi connectivity index (χ0v) is 18.7. The summed E-state index contributed by atoms with van der Waals surface area (Å²) in [6.07, 6.45) is 2.79. The van der Waals surface area contributed by atoms with Gasteiger partial charge in [0.15, 0.2) is 0 Å². The molecule has 0 fully saturated rings. The van der Waals surface area contributed by atoms with Crippen molar-refractivity contribution in [2.75, 3.05) is 18.4 Å². The fourth-order valence-electron chi connectivity index (χ4n) is 4.47. The van der Waals surface area contributed by atoms with Crippen molar-refractivity contribution in [1.29, 1.82) is 0 Å². The van der Waals surface area contributed by atoms with Crippen molar-refractivity contribution in [1.82, 2.24) is 10.3 Å². The molecule has 5 heteroatoms. The third-order valence-electron chi connectivity index (χ3n) is 6.52. The monoisotopic (exact) mass is 429 g/mol. The largest absolute Gasteiger partial charge is 0.481 e. The van der Waals surface area contributed by atoms with Crippen LogP contribution in [0.4, 0.5) is 5.69 Å². The highest BCUT2D eigenvalue weighted by Gasteiger charge is 2.28. The number of aromatic nitrogens is 1. The zero-order valence-electron chi connectivity index (χ0n) is 18.7. The molecule has 1 aromatic heterocycles. The van der Waals surface area contributed by atoms with E-state index in [4.69, 9.17) is 0 Å². The number of nitrogens with zero attached hydrogens (tertiary/aromatic N) is 1. The quantitative estimate of drug-likeness (QED) is 0.470. The number of carboxylic acid groups (broad SMARTS) is 1. The van der Waals surface area contributed by atoms with Gasteiger partial charge in [-0.2, -0.15) is 0 Å². The number of fused-ring (bicyclic) bond motifs is 1. The SMILES string of the molecule is C[C@@H](CN[C@H](c1ccccc1)[C@H]1CNc2cccnc2C1)c1cccc([C@@H](C)C(=O)O)c1. The van der Waals surface area contributed by atoms with E-state index >= 15 is 0 Å². The Labute approximate surface area is 189 Å². The van der Waals surface area contributed by atoms with E-state index in [1.54, 1.807) is 6.92 Å². The zero-order chi connectivity index (χ0) is 22.5. The van der Waals surface area contributed by atoms with Gasteiger partial charge in [0.1, 0.15) is 0 Å². The highest BCUT2D eigenvalue weighted by atomic mass is 16.4. The number of aliphatic carboxylic acids is 1. The van der Waals surface area contributed by atoms with Gasteiger partial charge in [-0.15, -0.1) is 0 Å². The molecule has 0 saturated heterocycles. The number of nitrogens with one attached hydrogen (secondary N) is 2. The van der Waals surface area contributed by atoms with Gasteiger partial charge in [0.25, 0.3) is 0 Å². The summed E-state index contributed by atoms with van der Waals surface area (Å²) < 4.78 is 0. The Balaban J connectivity index is 1.50. The van der Waals surface area contributed by atoms with Crippen molar-refractivity contribution in [3.63, 3.8) is 0 Å². The molecule has 32 heavy (non-hydrogen) atoms. The number of benzene rings is 2. The second-order valence-corrected chi connectivity index (χ2v) is 8.77. The number of rotatable bonds is 8. The Morgan fingerprint density at radius 2 is 1.81 bits per heavy atom. The minimum Gasteiger partial charge on any atom is -0.481 e. The average Bonchev–Trinajstić information content (AvgIpc) is 2.84. The molecule has 166 valence electrons. The van der Waals surface area contributed by atoms with Crippen molar-refractivity contribution < 1.29 is 9.90 Å². The lowest BCUT2D eigenvalue weighted by molar-refractivity contribution is -0.138. The number of hydrogen-bond acceptors (Lipinski definition) is 4. The normalized spacial score (nSPS) is 18.1. The molecule has 0 aliphatic carbocycles. The number of carboxylic acids is 1. The third-order valence-corrected chi connectivity index (χ3v) is 6.52. The molecule has 3 aromatic rings. The summed E-state index contributed by atoms with van der Waals surface area (Å²) in [5, 5.41) is 16.7. The molecule has 3 N–H and O–H groups in total. The van der Waals surface area contributed by atoms with Crippen LogP contribution in [0.15, 0.2) is 72.9 Å². The smallest absolute Gasteiger partial charge is 0.310 e. The van der Waals surface area contributed by atoms with Crippen LogP contribution in [0.25, 0.3) is 0 Å². The molecule has 5 nitrogen and oxygen atoms in total. The first-order valence-corrected chi connectivity index (χ1v) is 11.3. The standard InChI is InChI=1S/C27H31N3O2/c1-18(21-10-6-11-22(14-21)19(2)27(31)32)16-30-26(20-8-4-3-5-9-20)23-15-25-24(29-17-23)12-7-13-28-25/h3-14,18-19,23,26,29-30H,15-17H2,1-2H3,(H,31,32)/t18-,19+,23+,26+/m0/s1. The highest BCUT2D eigenvalue weighted by Crippen LogP contribution is 2.32. The Morgan fingerprint density at radius 3 is 2.59 bits per heavy atom. The number of pyridine rings is 1. The average molecular weight is 430 g/mol. The lowest BCUT2D eigenvalue weighted by Gasteiger charge is -2.33. The van der Waals surface area contributed by atoms with Gasteiger partial charge in [-0.1, -0.05) is 61.5 Å². The predicted octanol–water partition coefficient (Wildman–Crippen LogP) is 4.99. The number of carbonyl (C=O) groups is 1. The fourth-order valence-corrected chi connectivity index (χ4v) is 4.47. The maximum Gasteiger partial charge on any atom is 0.310 e. The van der Waals surface area contributed by atoms with Crippen LogP contribution in [0.1, 0.15) is 54.1 Å². The number of anilines is 1. The predicted molar refractivity (Wildman–Crippen MR) is 128 cm³/mol. The molecule has 0 radical (unpaired) electrons. The van der Waals surface area contributed by atoms with Crippen molar-refractivity contribution in [2.45, 2.75) is 38.1 Å². The van der Waals surface area contributed by atoms with Gasteiger partial charge in [0.2, 0.25) is 0 Å². The molecule has 4 rings (SSSR count). The number of hydrogen-bond donors (Lipinski definition) is 3. The van der Waals surface area contributed by atoms with Crippen LogP contribution in [-0.4, -0.2) is 29.1 Å². The molecular formula is C27H31N3O2. The van der Waals surface area contributed by atoms with Crippen molar-refractivity contribution in [3.8, 4) is 0 Å². The van der Waals surface area contributed by atoms with Gasteiger partial charge >= 0.3 is 5.97 Å². The lowest BCUT2D eigenvalue weighted by Crippen LogP contribution is -2.37. The van der Waals surface area contributed by atoms with E-state index in [1.165, 1.54) is 5.56 Å². The van der Waals surface area contributed by atoms with Gasteiger partial charge in [0, 0.05) is 31.2 Å². The minimum absolute atomic E-state index is 0.197. The fraction of sp³-hybridized carbons (Fsp3) is 0.333. The van der Waals surface area contributed by atoms with Gasteiger partial charge in [-0.3, -0.25) is 9.78 Å². The summed E-state index contributed by atoms with van der Waals surface area (Å²) in [7, 11) is 0. The molecule has 2 heterocycles. The Morgan fingerprint density at radius 1 is 1.06 bits per heavy atom. The summed E-state index contributed by atoms with van der Waals surface area (Å²) in [6.45, 7) is 5.62. The van der Waals surface area contributed by atoms with E-state index in [9.17, 15) is 9.90 Å². The highest BCUT2D eigenvalue weighted by molar-refractivity contribution is 5.75. The minimum atomic E-state index is -0.796. The van der Waals surface area contributed by atoms with E-state index in [0.717, 1.165) is 42.0 Å². The summed E-state index contributed by atoms with van der Waals surface area (Å²) >= 11 is 0. The Kier molecular flexibility index (Phi) is 6.86. The van der Waals surface area contributed by atoms with Crippen LogP contribution in [-0.2, 0) is 11.2 Å². The van der Waals surface area contributed by atoms with E-state index in [0.29, 0.717) is 5.92 Å². The molecule has 4 atom stereocenters. The van der Waals surface area contributed by atoms with Crippen LogP contribution in [0, 0.1) is 5.92 Å². The third kappa shape index (κ3) is 5.00. The van der Waals surface area contributed by atoms with Crippen LogP contribution >= 0.6 is 0 Å². The molecule has 1 aliphatic rings. The molecule has 2 aromatic carbocycles. The molecule has 0 amide bonds. The van der Waals surface area contributed by atoms with Crippen molar-refractivity contribution in [2.24, 2.45) is 5.92 Å². The second-order valence-electron chi connectivity index (χ2n) is 8.77. The Hall–Kier alpha value is -3.18. The van der Waals surface area contributed by atoms with Gasteiger partial charge in [-0.25, -0.2) is 0 Å². The van der Waals surface area contributed by atoms with Gasteiger partial charge < -0.3 is 15.7 Å². The molecule has 1 aliphatic heterocycles. The van der Waals surface area contributed by atoms with Crippen LogP contribution in [0.2, 0.25) is 0 Å². The summed E-state index contributed by atoms with van der Waals surface area (Å²) in [4.78, 5) is 16.0. The van der Waals surface area contributed by atoms with Crippen LogP contribution in [0.5, 0.6) is 0 Å². The Bertz CT molecular complexity index is 1050. The maximum absolute atomic E-state index is 11.4. The summed E-state index contributed by atoms with van der Waals surface area (Å²) in [5.41, 5.74) is 5.53. The first-order valence-electron chi connectivity index (χ1n) is 11.3. The molecule has 0 spiro atoms. The van der Waals surface area contributed by atoms with Crippen molar-refractivity contribution in [3.05, 3.63) is 95.3 Å². The summed E-state index contributed by atoms with van der Waals surface area (Å²) in [6, 6.07) is 22.8. The topological polar surface area (TPSA) is 74.2 Å². The maximum atomic E-state index is 11.4. The van der Waals surface area contributed by atoms with E-state index in [1.807, 2.05) is 36.5 Å². The van der Waals surface area contributed by atoms with E-state index in [2.05, 4.69) is 58.9 Å². The molecule has 0 unspecified atom stereocenters. The van der Waals surface area contributed by atoms with E-state index in [-0.39, 0.29) is 12.0 Å². The first-order chi connectivity index (χ1) is 15.5. The lowest BCUT2D eigenvalue weighted by atomic mass is 9.86. The van der Waals surface area contributed by atoms with E-state index < -0.39 is 11.9 Å². The molecular weight excluding hydrogens is 398 g/mol. The van der Waals surface area contributed by atoms with Gasteiger partial charge in [-0.05, 0) is 48.1 Å². The molecule has 0 bridgehead atoms. The summed E-state index contributed by atoms with van der Waals surface area (Å²) in [5.74, 6) is -0.668. The van der Waals surface area contributed by atoms with Crippen LogP contribution in [0.3, 0.4) is 0 Å². The second kappa shape index (κ2) is 9.96.